The molecule has 0 spiro atoms. The van der Waals surface area contributed by atoms with Gasteiger partial charge in [0.05, 0.1) is 19.1 Å². The van der Waals surface area contributed by atoms with E-state index < -0.39 is 30.4 Å². The quantitative estimate of drug-likeness (QED) is 0.815. The van der Waals surface area contributed by atoms with E-state index in [1.54, 1.807) is 13.8 Å². The first-order valence-electron chi connectivity index (χ1n) is 5.84. The van der Waals surface area contributed by atoms with Crippen LogP contribution < -0.4 is 0 Å². The van der Waals surface area contributed by atoms with Crippen LogP contribution in [0.25, 0.3) is 0 Å². The molecule has 0 aromatic heterocycles. The zero-order chi connectivity index (χ0) is 14.6. The summed E-state index contributed by atoms with van der Waals surface area (Å²) in [5.41, 5.74) is 0.377. The number of halogens is 2. The first kappa shape index (κ1) is 15.9. The number of rotatable bonds is 5. The van der Waals surface area contributed by atoms with Crippen molar-refractivity contribution in [3.05, 3.63) is 34.1 Å². The largest absolute Gasteiger partial charge is 0.466 e. The van der Waals surface area contributed by atoms with Crippen molar-refractivity contribution in [3.8, 4) is 0 Å². The Morgan fingerprint density at radius 2 is 2.11 bits per heavy atom. The van der Waals surface area contributed by atoms with E-state index in [-0.39, 0.29) is 17.2 Å². The molecule has 0 fully saturated rings. The highest BCUT2D eigenvalue weighted by Gasteiger charge is 2.25. The van der Waals surface area contributed by atoms with Gasteiger partial charge in [-0.05, 0) is 31.5 Å². The Morgan fingerprint density at radius 3 is 2.68 bits per heavy atom. The molecule has 6 heteroatoms. The Labute approximate surface area is 115 Å². The van der Waals surface area contributed by atoms with E-state index in [9.17, 15) is 19.4 Å². The van der Waals surface area contributed by atoms with Crippen molar-refractivity contribution in [2.45, 2.75) is 32.5 Å². The molecule has 106 valence electrons. The number of carbonyl (C=O) groups is 1. The molecule has 0 aliphatic rings. The van der Waals surface area contributed by atoms with Crippen LogP contribution in [0.2, 0.25) is 5.02 Å². The fourth-order valence-corrected chi connectivity index (χ4v) is 1.77. The highest BCUT2D eigenvalue weighted by Crippen LogP contribution is 2.27. The van der Waals surface area contributed by atoms with Crippen LogP contribution >= 0.6 is 11.6 Å². The summed E-state index contributed by atoms with van der Waals surface area (Å²) in [6.45, 7) is 3.42. The van der Waals surface area contributed by atoms with Crippen molar-refractivity contribution in [1.82, 2.24) is 0 Å². The molecule has 0 saturated heterocycles. The molecular weight excluding hydrogens is 275 g/mol. The number of aryl methyl sites for hydroxylation is 1. The summed E-state index contributed by atoms with van der Waals surface area (Å²) in [7, 11) is 0. The summed E-state index contributed by atoms with van der Waals surface area (Å²) in [4.78, 5) is 11.2. The van der Waals surface area contributed by atoms with Gasteiger partial charge in [0.2, 0.25) is 0 Å². The number of hydrogen-bond acceptors (Lipinski definition) is 4. The molecule has 19 heavy (non-hydrogen) atoms. The molecule has 0 radical (unpaired) electrons. The van der Waals surface area contributed by atoms with Gasteiger partial charge < -0.3 is 14.9 Å². The Hall–Kier alpha value is -1.17. The third-order valence-corrected chi connectivity index (χ3v) is 3.05. The maximum absolute atomic E-state index is 13.7. The monoisotopic (exact) mass is 290 g/mol. The molecule has 0 aliphatic heterocycles. The highest BCUT2D eigenvalue weighted by molar-refractivity contribution is 6.31. The van der Waals surface area contributed by atoms with Gasteiger partial charge in [0.15, 0.2) is 0 Å². The normalized spacial score (nSPS) is 14.0. The Bertz CT molecular complexity index is 464. The van der Waals surface area contributed by atoms with Gasteiger partial charge in [-0.1, -0.05) is 11.6 Å². The van der Waals surface area contributed by atoms with Gasteiger partial charge in [0.25, 0.3) is 0 Å². The SMILES string of the molecule is CCOC(=O)CC(O)C(O)c1cc(Cl)c(C)cc1F. The Balaban J connectivity index is 2.85. The lowest BCUT2D eigenvalue weighted by molar-refractivity contribution is -0.147. The number of esters is 1. The third kappa shape index (κ3) is 4.16. The molecule has 2 unspecified atom stereocenters. The molecule has 2 N–H and O–H groups in total. The second kappa shape index (κ2) is 6.84. The number of benzene rings is 1. The van der Waals surface area contributed by atoms with Crippen LogP contribution in [0.3, 0.4) is 0 Å². The highest BCUT2D eigenvalue weighted by atomic mass is 35.5. The second-order valence-corrected chi connectivity index (χ2v) is 4.55. The molecule has 1 rings (SSSR count). The van der Waals surface area contributed by atoms with Crippen molar-refractivity contribution < 1.29 is 24.1 Å². The van der Waals surface area contributed by atoms with E-state index in [1.165, 1.54) is 6.07 Å². The molecule has 0 amide bonds. The summed E-state index contributed by atoms with van der Waals surface area (Å²) < 4.78 is 18.3. The van der Waals surface area contributed by atoms with Gasteiger partial charge in [0.1, 0.15) is 11.9 Å². The van der Waals surface area contributed by atoms with Gasteiger partial charge in [-0.25, -0.2) is 4.39 Å². The fraction of sp³-hybridized carbons (Fsp3) is 0.462. The third-order valence-electron chi connectivity index (χ3n) is 2.64. The molecule has 0 aliphatic carbocycles. The fourth-order valence-electron chi connectivity index (χ4n) is 1.60. The van der Waals surface area contributed by atoms with Crippen LogP contribution in [-0.4, -0.2) is 28.9 Å². The van der Waals surface area contributed by atoms with Crippen molar-refractivity contribution in [2.75, 3.05) is 6.61 Å². The lowest BCUT2D eigenvalue weighted by atomic mass is 10.0. The standard InChI is InChI=1S/C13H16ClFO4/c1-3-19-12(17)6-11(16)13(18)8-5-9(14)7(2)4-10(8)15/h4-5,11,13,16,18H,3,6H2,1-2H3. The van der Waals surface area contributed by atoms with E-state index in [1.807, 2.05) is 0 Å². The molecule has 1 aromatic rings. The lowest BCUT2D eigenvalue weighted by Gasteiger charge is -2.18. The molecule has 4 nitrogen and oxygen atoms in total. The number of aliphatic hydroxyl groups excluding tert-OH is 2. The Morgan fingerprint density at radius 1 is 1.47 bits per heavy atom. The Kier molecular flexibility index (Phi) is 5.72. The van der Waals surface area contributed by atoms with Crippen molar-refractivity contribution in [1.29, 1.82) is 0 Å². The average Bonchev–Trinajstić information content (AvgIpc) is 2.33. The minimum atomic E-state index is -1.54. The molecular formula is C13H16ClFO4. The molecule has 0 heterocycles. The van der Waals surface area contributed by atoms with Crippen LogP contribution in [0.15, 0.2) is 12.1 Å². The minimum absolute atomic E-state index is 0.146. The minimum Gasteiger partial charge on any atom is -0.466 e. The van der Waals surface area contributed by atoms with Crippen LogP contribution in [0.4, 0.5) is 4.39 Å². The average molecular weight is 291 g/mol. The van der Waals surface area contributed by atoms with E-state index in [0.717, 1.165) is 6.07 Å². The first-order valence-corrected chi connectivity index (χ1v) is 6.21. The first-order chi connectivity index (χ1) is 8.86. The van der Waals surface area contributed by atoms with Crippen molar-refractivity contribution >= 4 is 17.6 Å². The van der Waals surface area contributed by atoms with E-state index in [4.69, 9.17) is 11.6 Å². The van der Waals surface area contributed by atoms with Crippen LogP contribution in [0.1, 0.15) is 30.6 Å². The number of aliphatic hydroxyl groups is 2. The lowest BCUT2D eigenvalue weighted by Crippen LogP contribution is -2.24. The van der Waals surface area contributed by atoms with Gasteiger partial charge in [0, 0.05) is 10.6 Å². The predicted octanol–water partition coefficient (Wildman–Crippen LogP) is 2.14. The van der Waals surface area contributed by atoms with E-state index in [0.29, 0.717) is 5.56 Å². The molecule has 0 saturated carbocycles. The molecule has 2 atom stereocenters. The predicted molar refractivity (Wildman–Crippen MR) is 68.4 cm³/mol. The number of hydrogen-bond donors (Lipinski definition) is 2. The summed E-state index contributed by atoms with van der Waals surface area (Å²) in [6.07, 6.45) is -3.41. The van der Waals surface area contributed by atoms with E-state index >= 15 is 0 Å². The van der Waals surface area contributed by atoms with E-state index in [2.05, 4.69) is 4.74 Å². The number of carbonyl (C=O) groups excluding carboxylic acids is 1. The summed E-state index contributed by atoms with van der Waals surface area (Å²) >= 11 is 5.84. The van der Waals surface area contributed by atoms with Crippen LogP contribution in [-0.2, 0) is 9.53 Å². The van der Waals surface area contributed by atoms with Gasteiger partial charge in [-0.15, -0.1) is 0 Å². The van der Waals surface area contributed by atoms with Crippen molar-refractivity contribution in [3.63, 3.8) is 0 Å². The summed E-state index contributed by atoms with van der Waals surface area (Å²) in [6, 6.07) is 2.41. The number of ether oxygens (including phenoxy) is 1. The zero-order valence-electron chi connectivity index (χ0n) is 10.7. The smallest absolute Gasteiger partial charge is 0.308 e. The van der Waals surface area contributed by atoms with Gasteiger partial charge in [-0.3, -0.25) is 4.79 Å². The topological polar surface area (TPSA) is 66.8 Å². The van der Waals surface area contributed by atoms with Gasteiger partial charge >= 0.3 is 5.97 Å². The van der Waals surface area contributed by atoms with Gasteiger partial charge in [-0.2, -0.15) is 0 Å². The molecule has 1 aromatic carbocycles. The van der Waals surface area contributed by atoms with Crippen LogP contribution in [0.5, 0.6) is 0 Å². The van der Waals surface area contributed by atoms with Crippen LogP contribution in [0, 0.1) is 12.7 Å². The summed E-state index contributed by atoms with van der Waals surface area (Å²) in [5.74, 6) is -1.34. The molecule has 0 bridgehead atoms. The summed E-state index contributed by atoms with van der Waals surface area (Å²) in [5, 5.41) is 19.8. The maximum atomic E-state index is 13.7. The zero-order valence-corrected chi connectivity index (χ0v) is 11.4. The van der Waals surface area contributed by atoms with Crippen molar-refractivity contribution in [2.24, 2.45) is 0 Å². The maximum Gasteiger partial charge on any atom is 0.308 e. The second-order valence-electron chi connectivity index (χ2n) is 4.14.